The zero-order chi connectivity index (χ0) is 19.5. The van der Waals surface area contributed by atoms with Crippen molar-refractivity contribution in [3.05, 3.63) is 72.2 Å². The standard InChI is InChI=1S/C21H20F2N4O.ClH/c22-16-8-6-14(7-9-16)20-15(11-25-21(28)19-10-17(23)12-24-19)13-27(26-20)18-4-2-1-3-5-18;/h1-9,13,17,19,24H,10-12H2,(H,25,28);1H/t17-,19+;/m0./s1. The Morgan fingerprint density at radius 2 is 1.90 bits per heavy atom. The second-order valence-corrected chi connectivity index (χ2v) is 6.80. The first-order valence-electron chi connectivity index (χ1n) is 9.15. The molecule has 0 aliphatic carbocycles. The van der Waals surface area contributed by atoms with E-state index in [-0.39, 0.29) is 43.6 Å². The lowest BCUT2D eigenvalue weighted by molar-refractivity contribution is -0.123. The van der Waals surface area contributed by atoms with Crippen LogP contribution < -0.4 is 10.6 Å². The van der Waals surface area contributed by atoms with E-state index in [1.807, 2.05) is 36.5 Å². The number of nitrogens with zero attached hydrogens (tertiary/aromatic N) is 2. The van der Waals surface area contributed by atoms with Crippen LogP contribution in [0.2, 0.25) is 0 Å². The van der Waals surface area contributed by atoms with Gasteiger partial charge in [0.1, 0.15) is 12.0 Å². The van der Waals surface area contributed by atoms with E-state index < -0.39 is 12.2 Å². The molecule has 8 heteroatoms. The van der Waals surface area contributed by atoms with Gasteiger partial charge in [0.15, 0.2) is 0 Å². The van der Waals surface area contributed by atoms with Gasteiger partial charge in [-0.2, -0.15) is 5.10 Å². The summed E-state index contributed by atoms with van der Waals surface area (Å²) in [6, 6.07) is 15.1. The van der Waals surface area contributed by atoms with Crippen molar-refractivity contribution >= 4 is 18.3 Å². The van der Waals surface area contributed by atoms with Gasteiger partial charge in [-0.1, -0.05) is 18.2 Å². The van der Waals surface area contributed by atoms with Crippen LogP contribution >= 0.6 is 12.4 Å². The van der Waals surface area contributed by atoms with Gasteiger partial charge in [-0.15, -0.1) is 12.4 Å². The third-order valence-electron chi connectivity index (χ3n) is 4.78. The molecule has 29 heavy (non-hydrogen) atoms. The average molecular weight is 419 g/mol. The Morgan fingerprint density at radius 1 is 1.17 bits per heavy atom. The smallest absolute Gasteiger partial charge is 0.237 e. The summed E-state index contributed by atoms with van der Waals surface area (Å²) in [6.45, 7) is 0.443. The minimum absolute atomic E-state index is 0. The van der Waals surface area contributed by atoms with Crippen molar-refractivity contribution in [1.29, 1.82) is 0 Å². The summed E-state index contributed by atoms with van der Waals surface area (Å²) in [5.74, 6) is -0.563. The molecule has 1 aliphatic rings. The predicted octanol–water partition coefficient (Wildman–Crippen LogP) is 3.42. The van der Waals surface area contributed by atoms with Crippen molar-refractivity contribution < 1.29 is 13.6 Å². The molecule has 0 spiro atoms. The van der Waals surface area contributed by atoms with Crippen LogP contribution in [0, 0.1) is 5.82 Å². The highest BCUT2D eigenvalue weighted by molar-refractivity contribution is 5.85. The molecule has 2 atom stereocenters. The van der Waals surface area contributed by atoms with Gasteiger partial charge in [0.05, 0.1) is 17.4 Å². The molecule has 0 radical (unpaired) electrons. The van der Waals surface area contributed by atoms with E-state index in [2.05, 4.69) is 15.7 Å². The monoisotopic (exact) mass is 418 g/mol. The zero-order valence-corrected chi connectivity index (χ0v) is 16.3. The largest absolute Gasteiger partial charge is 0.351 e. The number of benzene rings is 2. The van der Waals surface area contributed by atoms with Crippen LogP contribution in [0.4, 0.5) is 8.78 Å². The fourth-order valence-electron chi connectivity index (χ4n) is 3.30. The highest BCUT2D eigenvalue weighted by Crippen LogP contribution is 2.24. The van der Waals surface area contributed by atoms with Crippen LogP contribution in [-0.4, -0.2) is 34.4 Å². The molecular weight excluding hydrogens is 398 g/mol. The molecule has 0 bridgehead atoms. The summed E-state index contributed by atoms with van der Waals surface area (Å²) >= 11 is 0. The molecule has 152 valence electrons. The zero-order valence-electron chi connectivity index (χ0n) is 15.5. The summed E-state index contributed by atoms with van der Waals surface area (Å²) < 4.78 is 28.4. The van der Waals surface area contributed by atoms with Crippen molar-refractivity contribution in [2.24, 2.45) is 0 Å². The summed E-state index contributed by atoms with van der Waals surface area (Å²) in [7, 11) is 0. The number of rotatable bonds is 5. The van der Waals surface area contributed by atoms with Gasteiger partial charge in [-0.3, -0.25) is 4.79 Å². The fourth-order valence-corrected chi connectivity index (χ4v) is 3.30. The van der Waals surface area contributed by atoms with E-state index in [0.717, 1.165) is 16.8 Å². The summed E-state index contributed by atoms with van der Waals surface area (Å²) in [4.78, 5) is 12.3. The lowest BCUT2D eigenvalue weighted by Gasteiger charge is -2.10. The molecule has 1 saturated heterocycles. The van der Waals surface area contributed by atoms with Gasteiger partial charge in [0.2, 0.25) is 5.91 Å². The van der Waals surface area contributed by atoms with Crippen molar-refractivity contribution in [3.63, 3.8) is 0 Å². The Balaban J connectivity index is 0.00000240. The highest BCUT2D eigenvalue weighted by Gasteiger charge is 2.29. The molecule has 1 fully saturated rings. The molecule has 2 N–H and O–H groups in total. The van der Waals surface area contributed by atoms with Gasteiger partial charge in [-0.05, 0) is 36.4 Å². The number of nitrogens with one attached hydrogen (secondary N) is 2. The number of hydrogen-bond donors (Lipinski definition) is 2. The molecule has 1 amide bonds. The lowest BCUT2D eigenvalue weighted by Crippen LogP contribution is -2.40. The quantitative estimate of drug-likeness (QED) is 0.667. The average Bonchev–Trinajstić information content (AvgIpc) is 3.34. The number of amides is 1. The van der Waals surface area contributed by atoms with E-state index in [1.165, 1.54) is 12.1 Å². The Kier molecular flexibility index (Phi) is 6.61. The minimum Gasteiger partial charge on any atom is -0.351 e. The maximum atomic E-state index is 13.3. The van der Waals surface area contributed by atoms with E-state index in [4.69, 9.17) is 0 Å². The molecular formula is C21H21ClF2N4O. The van der Waals surface area contributed by atoms with Crippen LogP contribution in [-0.2, 0) is 11.3 Å². The van der Waals surface area contributed by atoms with E-state index in [0.29, 0.717) is 5.69 Å². The first-order chi connectivity index (χ1) is 13.6. The molecule has 1 aromatic heterocycles. The number of halogens is 3. The molecule has 4 rings (SSSR count). The molecule has 1 aliphatic heterocycles. The number of para-hydroxylation sites is 1. The normalized spacial score (nSPS) is 18.3. The third kappa shape index (κ3) is 4.81. The second kappa shape index (κ2) is 9.15. The van der Waals surface area contributed by atoms with Crippen molar-refractivity contribution in [2.45, 2.75) is 25.2 Å². The number of aromatic nitrogens is 2. The van der Waals surface area contributed by atoms with Crippen molar-refractivity contribution in [1.82, 2.24) is 20.4 Å². The first-order valence-corrected chi connectivity index (χ1v) is 9.15. The predicted molar refractivity (Wildman–Crippen MR) is 109 cm³/mol. The van der Waals surface area contributed by atoms with Gasteiger partial charge in [-0.25, -0.2) is 13.5 Å². The number of carbonyl (C=O) groups excluding carboxylic acids is 1. The van der Waals surface area contributed by atoms with E-state index in [1.54, 1.807) is 16.8 Å². The highest BCUT2D eigenvalue weighted by atomic mass is 35.5. The maximum absolute atomic E-state index is 13.3. The molecule has 0 unspecified atom stereocenters. The van der Waals surface area contributed by atoms with E-state index >= 15 is 0 Å². The third-order valence-corrected chi connectivity index (χ3v) is 4.78. The first kappa shape index (κ1) is 21.0. The lowest BCUT2D eigenvalue weighted by atomic mass is 10.1. The Morgan fingerprint density at radius 3 is 2.55 bits per heavy atom. The minimum atomic E-state index is -0.994. The van der Waals surface area contributed by atoms with Gasteiger partial charge in [0.25, 0.3) is 0 Å². The summed E-state index contributed by atoms with van der Waals surface area (Å²) in [5, 5.41) is 10.4. The fraction of sp³-hybridized carbons (Fsp3) is 0.238. The topological polar surface area (TPSA) is 59.0 Å². The molecule has 2 heterocycles. The van der Waals surface area contributed by atoms with Gasteiger partial charge >= 0.3 is 0 Å². The van der Waals surface area contributed by atoms with Crippen molar-refractivity contribution in [2.75, 3.05) is 6.54 Å². The van der Waals surface area contributed by atoms with Crippen LogP contribution in [0.5, 0.6) is 0 Å². The Labute approximate surface area is 173 Å². The van der Waals surface area contributed by atoms with Crippen LogP contribution in [0.1, 0.15) is 12.0 Å². The molecule has 3 aromatic rings. The summed E-state index contributed by atoms with van der Waals surface area (Å²) in [5.41, 5.74) is 3.08. The van der Waals surface area contributed by atoms with E-state index in [9.17, 15) is 13.6 Å². The number of alkyl halides is 1. The summed E-state index contributed by atoms with van der Waals surface area (Å²) in [6.07, 6.45) is 1.03. The Hall–Kier alpha value is -2.77. The van der Waals surface area contributed by atoms with Crippen LogP contribution in [0.25, 0.3) is 16.9 Å². The molecule has 0 saturated carbocycles. The van der Waals surface area contributed by atoms with Gasteiger partial charge in [0, 0.05) is 36.8 Å². The second-order valence-electron chi connectivity index (χ2n) is 6.80. The molecule has 5 nitrogen and oxygen atoms in total. The van der Waals surface area contributed by atoms with Crippen LogP contribution in [0.15, 0.2) is 60.8 Å². The maximum Gasteiger partial charge on any atom is 0.237 e. The number of hydrogen-bond acceptors (Lipinski definition) is 3. The van der Waals surface area contributed by atoms with Crippen LogP contribution in [0.3, 0.4) is 0 Å². The SMILES string of the molecule is Cl.O=C(NCc1cn(-c2ccccc2)nc1-c1ccc(F)cc1)[C@H]1C[C@H](F)CN1. The number of carbonyl (C=O) groups is 1. The van der Waals surface area contributed by atoms with Crippen molar-refractivity contribution in [3.8, 4) is 16.9 Å². The Bertz CT molecular complexity index is 963. The molecule has 2 aromatic carbocycles. The van der Waals surface area contributed by atoms with Gasteiger partial charge < -0.3 is 10.6 Å².